The highest BCUT2D eigenvalue weighted by Gasteiger charge is 2.25. The third-order valence-electron chi connectivity index (χ3n) is 1.40. The largest absolute Gasteiger partial charge is 0.394 e. The van der Waals surface area contributed by atoms with Crippen LogP contribution in [-0.2, 0) is 0 Å². The fourth-order valence-electron chi connectivity index (χ4n) is 0.832. The SMILES string of the molecule is OCC1(Cl)C=CC=C(Cl)C1. The zero-order chi connectivity index (χ0) is 7.61. The number of allylic oxidation sites excluding steroid dienone is 3. The van der Waals surface area contributed by atoms with E-state index in [1.165, 1.54) is 0 Å². The molecule has 1 aliphatic rings. The third-order valence-corrected chi connectivity index (χ3v) is 2.04. The van der Waals surface area contributed by atoms with Gasteiger partial charge in [0.15, 0.2) is 0 Å². The number of hydrogen-bond donors (Lipinski definition) is 1. The average molecular weight is 179 g/mol. The maximum absolute atomic E-state index is 8.80. The number of aliphatic hydroxyl groups is 1. The van der Waals surface area contributed by atoms with Crippen molar-refractivity contribution in [2.24, 2.45) is 0 Å². The van der Waals surface area contributed by atoms with Crippen LogP contribution in [0.25, 0.3) is 0 Å². The highest BCUT2D eigenvalue weighted by Crippen LogP contribution is 2.30. The molecule has 10 heavy (non-hydrogen) atoms. The lowest BCUT2D eigenvalue weighted by atomic mass is 10.0. The average Bonchev–Trinajstić information content (AvgIpc) is 1.88. The quantitative estimate of drug-likeness (QED) is 0.610. The highest BCUT2D eigenvalue weighted by atomic mass is 35.5. The van der Waals surface area contributed by atoms with Gasteiger partial charge in [0.1, 0.15) is 0 Å². The molecule has 0 amide bonds. The first-order chi connectivity index (χ1) is 4.66. The summed E-state index contributed by atoms with van der Waals surface area (Å²) in [6.07, 6.45) is 5.80. The maximum atomic E-state index is 8.80. The molecule has 0 radical (unpaired) electrons. The van der Waals surface area contributed by atoms with Crippen LogP contribution in [-0.4, -0.2) is 16.6 Å². The Morgan fingerprint density at radius 3 is 2.80 bits per heavy atom. The van der Waals surface area contributed by atoms with E-state index in [0.717, 1.165) is 0 Å². The summed E-state index contributed by atoms with van der Waals surface area (Å²) in [6, 6.07) is 0. The van der Waals surface area contributed by atoms with Crippen LogP contribution in [0.3, 0.4) is 0 Å². The summed E-state index contributed by atoms with van der Waals surface area (Å²) in [5.74, 6) is 0. The molecule has 0 aliphatic heterocycles. The molecule has 0 saturated carbocycles. The van der Waals surface area contributed by atoms with Crippen molar-refractivity contribution in [1.29, 1.82) is 0 Å². The van der Waals surface area contributed by atoms with Crippen LogP contribution >= 0.6 is 23.2 Å². The molecule has 0 aromatic rings. The van der Waals surface area contributed by atoms with Gasteiger partial charge in [0.2, 0.25) is 0 Å². The zero-order valence-electron chi connectivity index (χ0n) is 5.35. The molecule has 0 bridgehead atoms. The minimum absolute atomic E-state index is 0.0743. The van der Waals surface area contributed by atoms with Gasteiger partial charge in [-0.1, -0.05) is 23.8 Å². The van der Waals surface area contributed by atoms with Crippen molar-refractivity contribution < 1.29 is 5.11 Å². The first kappa shape index (κ1) is 8.12. The van der Waals surface area contributed by atoms with Crippen molar-refractivity contribution in [3.63, 3.8) is 0 Å². The van der Waals surface area contributed by atoms with Crippen molar-refractivity contribution in [3.8, 4) is 0 Å². The van der Waals surface area contributed by atoms with Crippen molar-refractivity contribution >= 4 is 23.2 Å². The molecule has 56 valence electrons. The van der Waals surface area contributed by atoms with Crippen LogP contribution in [0.4, 0.5) is 0 Å². The van der Waals surface area contributed by atoms with Crippen LogP contribution in [0.5, 0.6) is 0 Å². The third kappa shape index (κ3) is 1.75. The summed E-state index contributed by atoms with van der Waals surface area (Å²) in [6.45, 7) is -0.0743. The molecular weight excluding hydrogens is 171 g/mol. The van der Waals surface area contributed by atoms with Crippen LogP contribution in [0, 0.1) is 0 Å². The van der Waals surface area contributed by atoms with E-state index in [9.17, 15) is 0 Å². The van der Waals surface area contributed by atoms with E-state index in [0.29, 0.717) is 11.5 Å². The second-order valence-corrected chi connectivity index (χ2v) is 3.58. The number of rotatable bonds is 1. The van der Waals surface area contributed by atoms with Crippen molar-refractivity contribution in [3.05, 3.63) is 23.3 Å². The molecule has 0 spiro atoms. The standard InChI is InChI=1S/C7H8Cl2O/c8-6-2-1-3-7(9,4-6)5-10/h1-3,10H,4-5H2. The Bertz CT molecular complexity index is 186. The topological polar surface area (TPSA) is 20.2 Å². The molecule has 1 aliphatic carbocycles. The van der Waals surface area contributed by atoms with Gasteiger partial charge in [-0.3, -0.25) is 0 Å². The van der Waals surface area contributed by atoms with E-state index in [-0.39, 0.29) is 6.61 Å². The Hall–Kier alpha value is 0.0200. The van der Waals surface area contributed by atoms with E-state index in [2.05, 4.69) is 0 Å². The van der Waals surface area contributed by atoms with Gasteiger partial charge in [-0.05, 0) is 6.08 Å². The summed E-state index contributed by atoms with van der Waals surface area (Å²) in [4.78, 5) is -0.661. The van der Waals surface area contributed by atoms with E-state index < -0.39 is 4.87 Å². The van der Waals surface area contributed by atoms with Crippen LogP contribution in [0.15, 0.2) is 23.3 Å². The molecular formula is C7H8Cl2O. The van der Waals surface area contributed by atoms with Gasteiger partial charge in [-0.25, -0.2) is 0 Å². The normalized spacial score (nSPS) is 32.1. The molecule has 3 heteroatoms. The first-order valence-corrected chi connectivity index (χ1v) is 3.75. The van der Waals surface area contributed by atoms with Crippen LogP contribution in [0.2, 0.25) is 0 Å². The lowest BCUT2D eigenvalue weighted by molar-refractivity contribution is 0.265. The van der Waals surface area contributed by atoms with Crippen molar-refractivity contribution in [2.45, 2.75) is 11.3 Å². The Balaban J connectivity index is 2.71. The van der Waals surface area contributed by atoms with Gasteiger partial charge in [0.05, 0.1) is 11.5 Å². The number of alkyl halides is 1. The van der Waals surface area contributed by atoms with Crippen LogP contribution in [0.1, 0.15) is 6.42 Å². The Morgan fingerprint density at radius 2 is 2.40 bits per heavy atom. The van der Waals surface area contributed by atoms with Crippen molar-refractivity contribution in [2.75, 3.05) is 6.61 Å². The number of aliphatic hydroxyl groups excluding tert-OH is 1. The van der Waals surface area contributed by atoms with E-state index >= 15 is 0 Å². The summed E-state index contributed by atoms with van der Waals surface area (Å²) in [5.41, 5.74) is 0. The van der Waals surface area contributed by atoms with E-state index in [1.54, 1.807) is 18.2 Å². The monoisotopic (exact) mass is 178 g/mol. The summed E-state index contributed by atoms with van der Waals surface area (Å²) >= 11 is 11.6. The summed E-state index contributed by atoms with van der Waals surface area (Å²) in [5, 5.41) is 9.49. The Labute approximate surface area is 69.9 Å². The minimum atomic E-state index is -0.661. The molecule has 0 saturated heterocycles. The number of hydrogen-bond acceptors (Lipinski definition) is 1. The Kier molecular flexibility index (Phi) is 2.40. The Morgan fingerprint density at radius 1 is 1.70 bits per heavy atom. The minimum Gasteiger partial charge on any atom is -0.394 e. The summed E-state index contributed by atoms with van der Waals surface area (Å²) in [7, 11) is 0. The lowest BCUT2D eigenvalue weighted by Crippen LogP contribution is -2.24. The predicted molar refractivity (Wildman–Crippen MR) is 43.4 cm³/mol. The van der Waals surface area contributed by atoms with Gasteiger partial charge in [-0.2, -0.15) is 0 Å². The molecule has 1 atom stereocenters. The van der Waals surface area contributed by atoms with E-state index in [1.807, 2.05) is 0 Å². The molecule has 0 aromatic heterocycles. The van der Waals surface area contributed by atoms with Gasteiger partial charge < -0.3 is 5.11 Å². The predicted octanol–water partition coefficient (Wildman–Crippen LogP) is 2.04. The highest BCUT2D eigenvalue weighted by molar-refractivity contribution is 6.32. The summed E-state index contributed by atoms with van der Waals surface area (Å²) < 4.78 is 0. The fraction of sp³-hybridized carbons (Fsp3) is 0.429. The van der Waals surface area contributed by atoms with Gasteiger partial charge in [0.25, 0.3) is 0 Å². The zero-order valence-corrected chi connectivity index (χ0v) is 6.86. The second-order valence-electron chi connectivity index (χ2n) is 2.34. The lowest BCUT2D eigenvalue weighted by Gasteiger charge is -2.22. The molecule has 1 rings (SSSR count). The fourth-order valence-corrected chi connectivity index (χ4v) is 1.43. The maximum Gasteiger partial charge on any atom is 0.0907 e. The van der Waals surface area contributed by atoms with Gasteiger partial charge >= 0.3 is 0 Å². The second kappa shape index (κ2) is 2.95. The first-order valence-electron chi connectivity index (χ1n) is 3.00. The van der Waals surface area contributed by atoms with Crippen LogP contribution < -0.4 is 0 Å². The van der Waals surface area contributed by atoms with E-state index in [4.69, 9.17) is 28.3 Å². The molecule has 0 aromatic carbocycles. The molecule has 0 heterocycles. The smallest absolute Gasteiger partial charge is 0.0907 e. The molecule has 1 N–H and O–H groups in total. The van der Waals surface area contributed by atoms with Crippen molar-refractivity contribution in [1.82, 2.24) is 0 Å². The van der Waals surface area contributed by atoms with Gasteiger partial charge in [-0.15, -0.1) is 11.6 Å². The van der Waals surface area contributed by atoms with Gasteiger partial charge in [0, 0.05) is 11.5 Å². The molecule has 1 nitrogen and oxygen atoms in total. The molecule has 0 fully saturated rings. The molecule has 1 unspecified atom stereocenters. The number of halogens is 2.